The molecule has 0 radical (unpaired) electrons. The molecule has 0 saturated carbocycles. The van der Waals surface area contributed by atoms with E-state index >= 15 is 0 Å². The van der Waals surface area contributed by atoms with Crippen molar-refractivity contribution in [2.24, 2.45) is 0 Å². The van der Waals surface area contributed by atoms with Gasteiger partial charge in [0.05, 0.1) is 22.4 Å². The summed E-state index contributed by atoms with van der Waals surface area (Å²) in [6, 6.07) is 3.62. The molecule has 2 aromatic rings. The third kappa shape index (κ3) is 2.70. The van der Waals surface area contributed by atoms with Crippen molar-refractivity contribution in [3.8, 4) is 0 Å². The highest BCUT2D eigenvalue weighted by Gasteiger charge is 2.09. The highest BCUT2D eigenvalue weighted by molar-refractivity contribution is 6.30. The molecule has 0 aliphatic carbocycles. The predicted molar refractivity (Wildman–Crippen MR) is 60.1 cm³/mol. The zero-order valence-electron chi connectivity index (χ0n) is 7.85. The van der Waals surface area contributed by atoms with Crippen LogP contribution in [-0.4, -0.2) is 14.5 Å². The van der Waals surface area contributed by atoms with Crippen molar-refractivity contribution in [1.82, 2.24) is 14.5 Å². The fourth-order valence-corrected chi connectivity index (χ4v) is 1.65. The highest BCUT2D eigenvalue weighted by Crippen LogP contribution is 2.21. The van der Waals surface area contributed by atoms with E-state index in [9.17, 15) is 0 Å². The van der Waals surface area contributed by atoms with E-state index in [0.29, 0.717) is 11.6 Å². The lowest BCUT2D eigenvalue weighted by Gasteiger charge is -2.09. The van der Waals surface area contributed by atoms with Crippen LogP contribution in [0.5, 0.6) is 0 Å². The first-order valence-corrected chi connectivity index (χ1v) is 5.28. The summed E-state index contributed by atoms with van der Waals surface area (Å²) < 4.78 is 1.91. The fourth-order valence-electron chi connectivity index (χ4n) is 1.25. The first-order valence-electron chi connectivity index (χ1n) is 4.47. The number of pyridine rings is 1. The minimum atomic E-state index is -0.170. The van der Waals surface area contributed by atoms with Gasteiger partial charge < -0.3 is 4.57 Å². The Labute approximate surface area is 97.7 Å². The van der Waals surface area contributed by atoms with Gasteiger partial charge in [0.2, 0.25) is 0 Å². The van der Waals surface area contributed by atoms with Crippen LogP contribution in [0.3, 0.4) is 0 Å². The van der Waals surface area contributed by atoms with Crippen LogP contribution in [0.25, 0.3) is 0 Å². The summed E-state index contributed by atoms with van der Waals surface area (Å²) in [4.78, 5) is 8.11. The first-order chi connectivity index (χ1) is 7.25. The van der Waals surface area contributed by atoms with E-state index in [-0.39, 0.29) is 5.38 Å². The maximum atomic E-state index is 6.20. The fraction of sp³-hybridized carbons (Fsp3) is 0.200. The lowest BCUT2D eigenvalue weighted by molar-refractivity contribution is 0.666. The van der Waals surface area contributed by atoms with E-state index in [1.165, 1.54) is 0 Å². The first kappa shape index (κ1) is 10.5. The molecule has 2 heterocycles. The molecular weight excluding hydrogens is 233 g/mol. The molecule has 15 heavy (non-hydrogen) atoms. The predicted octanol–water partition coefficient (Wildman–Crippen LogP) is 2.91. The van der Waals surface area contributed by atoms with E-state index < -0.39 is 0 Å². The largest absolute Gasteiger partial charge is 0.336 e. The van der Waals surface area contributed by atoms with E-state index in [4.69, 9.17) is 23.2 Å². The maximum absolute atomic E-state index is 6.20. The van der Waals surface area contributed by atoms with Crippen molar-refractivity contribution >= 4 is 23.2 Å². The average molecular weight is 242 g/mol. The Morgan fingerprint density at radius 1 is 1.40 bits per heavy atom. The Kier molecular flexibility index (Phi) is 3.23. The summed E-state index contributed by atoms with van der Waals surface area (Å²) in [6.45, 7) is 0.649. The summed E-state index contributed by atoms with van der Waals surface area (Å²) in [5.74, 6) is 0. The van der Waals surface area contributed by atoms with Gasteiger partial charge in [-0.1, -0.05) is 11.6 Å². The molecular formula is C10H9Cl2N3. The third-order valence-corrected chi connectivity index (χ3v) is 2.59. The van der Waals surface area contributed by atoms with E-state index in [2.05, 4.69) is 9.97 Å². The number of aromatic nitrogens is 3. The lowest BCUT2D eigenvalue weighted by Crippen LogP contribution is -2.03. The smallest absolute Gasteiger partial charge is 0.0946 e. The van der Waals surface area contributed by atoms with E-state index in [0.717, 1.165) is 5.69 Å². The van der Waals surface area contributed by atoms with Gasteiger partial charge >= 0.3 is 0 Å². The van der Waals surface area contributed by atoms with Crippen LogP contribution < -0.4 is 0 Å². The topological polar surface area (TPSA) is 30.7 Å². The number of imidazole rings is 1. The molecule has 0 fully saturated rings. The molecule has 5 heteroatoms. The second kappa shape index (κ2) is 4.64. The SMILES string of the molecule is Clc1ccc(C(Cl)Cn2ccnc2)nc1. The van der Waals surface area contributed by atoms with E-state index in [1.807, 2.05) is 16.8 Å². The van der Waals surface area contributed by atoms with Gasteiger partial charge in [0.25, 0.3) is 0 Å². The van der Waals surface area contributed by atoms with Crippen molar-refractivity contribution in [2.75, 3.05) is 0 Å². The molecule has 0 aliphatic heterocycles. The van der Waals surface area contributed by atoms with Gasteiger partial charge in [0.1, 0.15) is 0 Å². The van der Waals surface area contributed by atoms with Gasteiger partial charge in [-0.05, 0) is 12.1 Å². The minimum Gasteiger partial charge on any atom is -0.336 e. The number of nitrogens with zero attached hydrogens (tertiary/aromatic N) is 3. The Balaban J connectivity index is 2.08. The molecule has 0 spiro atoms. The molecule has 2 aromatic heterocycles. The second-order valence-electron chi connectivity index (χ2n) is 3.13. The van der Waals surface area contributed by atoms with Crippen LogP contribution in [0.4, 0.5) is 0 Å². The van der Waals surface area contributed by atoms with Crippen molar-refractivity contribution in [3.63, 3.8) is 0 Å². The Bertz CT molecular complexity index is 411. The van der Waals surface area contributed by atoms with Gasteiger partial charge in [-0.25, -0.2) is 4.98 Å². The molecule has 1 atom stereocenters. The van der Waals surface area contributed by atoms with Gasteiger partial charge in [-0.2, -0.15) is 0 Å². The number of hydrogen-bond acceptors (Lipinski definition) is 2. The second-order valence-corrected chi connectivity index (χ2v) is 4.09. The quantitative estimate of drug-likeness (QED) is 0.774. The number of hydrogen-bond donors (Lipinski definition) is 0. The minimum absolute atomic E-state index is 0.170. The molecule has 0 aliphatic rings. The number of rotatable bonds is 3. The monoisotopic (exact) mass is 241 g/mol. The van der Waals surface area contributed by atoms with Crippen molar-refractivity contribution in [3.05, 3.63) is 47.8 Å². The van der Waals surface area contributed by atoms with Crippen molar-refractivity contribution in [1.29, 1.82) is 0 Å². The molecule has 0 saturated heterocycles. The summed E-state index contributed by atoms with van der Waals surface area (Å²) >= 11 is 11.9. The molecule has 78 valence electrons. The normalized spacial score (nSPS) is 12.7. The van der Waals surface area contributed by atoms with Crippen LogP contribution >= 0.6 is 23.2 Å². The molecule has 0 bridgehead atoms. The van der Waals surface area contributed by atoms with Crippen LogP contribution in [0.15, 0.2) is 37.1 Å². The molecule has 0 aromatic carbocycles. The Morgan fingerprint density at radius 3 is 2.87 bits per heavy atom. The Morgan fingerprint density at radius 2 is 2.27 bits per heavy atom. The van der Waals surface area contributed by atoms with Crippen LogP contribution in [0, 0.1) is 0 Å². The zero-order chi connectivity index (χ0) is 10.7. The van der Waals surface area contributed by atoms with Gasteiger partial charge in [-0.15, -0.1) is 11.6 Å². The van der Waals surface area contributed by atoms with Gasteiger partial charge in [0.15, 0.2) is 0 Å². The third-order valence-electron chi connectivity index (χ3n) is 2.00. The molecule has 3 nitrogen and oxygen atoms in total. The standard InChI is InChI=1S/C10H9Cl2N3/c11-8-1-2-10(14-5-8)9(12)6-15-4-3-13-7-15/h1-5,7,9H,6H2. The summed E-state index contributed by atoms with van der Waals surface area (Å²) in [5.41, 5.74) is 0.815. The Hall–Kier alpha value is -1.06. The van der Waals surface area contributed by atoms with E-state index in [1.54, 1.807) is 24.8 Å². The summed E-state index contributed by atoms with van der Waals surface area (Å²) in [5, 5.41) is 0.446. The highest BCUT2D eigenvalue weighted by atomic mass is 35.5. The molecule has 1 unspecified atom stereocenters. The zero-order valence-corrected chi connectivity index (χ0v) is 9.36. The lowest BCUT2D eigenvalue weighted by atomic mass is 10.2. The summed E-state index contributed by atoms with van der Waals surface area (Å²) in [6.07, 6.45) is 6.91. The molecule has 0 N–H and O–H groups in total. The number of halogens is 2. The summed E-state index contributed by atoms with van der Waals surface area (Å²) in [7, 11) is 0. The maximum Gasteiger partial charge on any atom is 0.0946 e. The molecule has 0 amide bonds. The van der Waals surface area contributed by atoms with Crippen LogP contribution in [0.1, 0.15) is 11.1 Å². The van der Waals surface area contributed by atoms with Crippen molar-refractivity contribution in [2.45, 2.75) is 11.9 Å². The van der Waals surface area contributed by atoms with Crippen molar-refractivity contribution < 1.29 is 0 Å². The number of alkyl halides is 1. The van der Waals surface area contributed by atoms with Gasteiger partial charge in [0, 0.05) is 25.1 Å². The van der Waals surface area contributed by atoms with Gasteiger partial charge in [-0.3, -0.25) is 4.98 Å². The van der Waals surface area contributed by atoms with Crippen LogP contribution in [0.2, 0.25) is 5.02 Å². The van der Waals surface area contributed by atoms with Crippen LogP contribution in [-0.2, 0) is 6.54 Å². The average Bonchev–Trinajstić information content (AvgIpc) is 2.71. The molecule has 2 rings (SSSR count).